The SMILES string of the molecule is COc1ccc(C)cc1NC(=O)C(C)O/N=C(\N)c1ccccc1. The van der Waals surface area contributed by atoms with Crippen LogP contribution in [0.15, 0.2) is 53.7 Å². The lowest BCUT2D eigenvalue weighted by Gasteiger charge is -2.14. The van der Waals surface area contributed by atoms with Crippen LogP contribution in [0.3, 0.4) is 0 Å². The van der Waals surface area contributed by atoms with Crippen LogP contribution in [0.25, 0.3) is 0 Å². The Balaban J connectivity index is 2.01. The van der Waals surface area contributed by atoms with Crippen molar-refractivity contribution in [3.63, 3.8) is 0 Å². The van der Waals surface area contributed by atoms with Crippen molar-refractivity contribution in [3.8, 4) is 5.75 Å². The molecule has 0 fully saturated rings. The van der Waals surface area contributed by atoms with Gasteiger partial charge in [-0.25, -0.2) is 0 Å². The van der Waals surface area contributed by atoms with Crippen LogP contribution in [0.5, 0.6) is 5.75 Å². The van der Waals surface area contributed by atoms with Gasteiger partial charge in [0.2, 0.25) is 6.10 Å². The number of amides is 1. The van der Waals surface area contributed by atoms with Gasteiger partial charge in [-0.15, -0.1) is 0 Å². The van der Waals surface area contributed by atoms with Crippen LogP contribution in [0.2, 0.25) is 0 Å². The largest absolute Gasteiger partial charge is 0.495 e. The Bertz CT molecular complexity index is 730. The molecular weight excluding hydrogens is 306 g/mol. The second-order valence-electron chi connectivity index (χ2n) is 5.28. The summed E-state index contributed by atoms with van der Waals surface area (Å²) in [5.41, 5.74) is 8.15. The highest BCUT2D eigenvalue weighted by atomic mass is 16.6. The average Bonchev–Trinajstić information content (AvgIpc) is 2.60. The number of benzene rings is 2. The predicted octanol–water partition coefficient (Wildman–Crippen LogP) is 2.67. The standard InChI is InChI=1S/C18H21N3O3/c1-12-9-10-16(23-3)15(11-12)20-18(22)13(2)24-21-17(19)14-7-5-4-6-8-14/h4-11,13H,1-3H3,(H2,19,21)(H,20,22). The van der Waals surface area contributed by atoms with E-state index in [1.165, 1.54) is 0 Å². The molecule has 0 saturated carbocycles. The second kappa shape index (κ2) is 8.01. The Kier molecular flexibility index (Phi) is 5.78. The summed E-state index contributed by atoms with van der Waals surface area (Å²) in [5.74, 6) is 0.445. The van der Waals surface area contributed by atoms with Gasteiger partial charge < -0.3 is 20.6 Å². The summed E-state index contributed by atoms with van der Waals surface area (Å²) in [7, 11) is 1.55. The monoisotopic (exact) mass is 327 g/mol. The van der Waals surface area contributed by atoms with E-state index >= 15 is 0 Å². The van der Waals surface area contributed by atoms with Gasteiger partial charge in [0.25, 0.3) is 5.91 Å². The number of hydrogen-bond acceptors (Lipinski definition) is 4. The Hall–Kier alpha value is -3.02. The molecule has 0 heterocycles. The number of carbonyl (C=O) groups is 1. The molecule has 2 rings (SSSR count). The van der Waals surface area contributed by atoms with E-state index in [9.17, 15) is 4.79 Å². The van der Waals surface area contributed by atoms with Crippen molar-refractivity contribution in [1.29, 1.82) is 0 Å². The van der Waals surface area contributed by atoms with Gasteiger partial charge in [-0.05, 0) is 31.5 Å². The van der Waals surface area contributed by atoms with Crippen LogP contribution in [-0.2, 0) is 9.63 Å². The Morgan fingerprint density at radius 2 is 1.92 bits per heavy atom. The van der Waals surface area contributed by atoms with Crippen molar-refractivity contribution in [2.24, 2.45) is 10.9 Å². The van der Waals surface area contributed by atoms with Crippen molar-refractivity contribution >= 4 is 17.4 Å². The van der Waals surface area contributed by atoms with E-state index < -0.39 is 6.10 Å². The van der Waals surface area contributed by atoms with Crippen molar-refractivity contribution in [2.75, 3.05) is 12.4 Å². The molecular formula is C18H21N3O3. The first kappa shape index (κ1) is 17.3. The number of aryl methyl sites for hydroxylation is 1. The second-order valence-corrected chi connectivity index (χ2v) is 5.28. The highest BCUT2D eigenvalue weighted by Gasteiger charge is 2.17. The van der Waals surface area contributed by atoms with Gasteiger partial charge in [-0.2, -0.15) is 0 Å². The van der Waals surface area contributed by atoms with Crippen molar-refractivity contribution in [1.82, 2.24) is 0 Å². The summed E-state index contributed by atoms with van der Waals surface area (Å²) in [5, 5.41) is 6.59. The summed E-state index contributed by atoms with van der Waals surface area (Å²) >= 11 is 0. The number of oxime groups is 1. The molecule has 6 heteroatoms. The fourth-order valence-corrected chi connectivity index (χ4v) is 2.00. The molecule has 0 aliphatic carbocycles. The third-order valence-corrected chi connectivity index (χ3v) is 3.36. The fraction of sp³-hybridized carbons (Fsp3) is 0.222. The number of nitrogens with zero attached hydrogens (tertiary/aromatic N) is 1. The van der Waals surface area contributed by atoms with E-state index in [0.717, 1.165) is 11.1 Å². The van der Waals surface area contributed by atoms with Crippen molar-refractivity contribution in [2.45, 2.75) is 20.0 Å². The number of methoxy groups -OCH3 is 1. The molecule has 24 heavy (non-hydrogen) atoms. The highest BCUT2D eigenvalue weighted by molar-refractivity contribution is 5.97. The Labute approximate surface area is 141 Å². The first-order chi connectivity index (χ1) is 11.5. The van der Waals surface area contributed by atoms with Crippen LogP contribution in [0, 0.1) is 6.92 Å². The number of anilines is 1. The van der Waals surface area contributed by atoms with E-state index in [0.29, 0.717) is 11.4 Å². The molecule has 0 aliphatic heterocycles. The normalized spacial score (nSPS) is 12.4. The number of rotatable bonds is 6. The molecule has 6 nitrogen and oxygen atoms in total. The third-order valence-electron chi connectivity index (χ3n) is 3.36. The number of amidine groups is 1. The molecule has 0 radical (unpaired) electrons. The first-order valence-electron chi connectivity index (χ1n) is 7.51. The summed E-state index contributed by atoms with van der Waals surface area (Å²) < 4.78 is 5.23. The molecule has 0 aliphatic rings. The smallest absolute Gasteiger partial charge is 0.268 e. The van der Waals surface area contributed by atoms with E-state index in [4.69, 9.17) is 15.3 Å². The quantitative estimate of drug-likeness (QED) is 0.485. The number of nitrogens with two attached hydrogens (primary N) is 1. The van der Waals surface area contributed by atoms with Crippen LogP contribution < -0.4 is 15.8 Å². The maximum absolute atomic E-state index is 12.2. The topological polar surface area (TPSA) is 85.9 Å². The van der Waals surface area contributed by atoms with Gasteiger partial charge in [0.1, 0.15) is 5.75 Å². The third kappa shape index (κ3) is 4.49. The van der Waals surface area contributed by atoms with Crippen LogP contribution in [0.1, 0.15) is 18.1 Å². The zero-order valence-corrected chi connectivity index (χ0v) is 13.9. The molecule has 0 spiro atoms. The number of nitrogens with one attached hydrogen (secondary N) is 1. The highest BCUT2D eigenvalue weighted by Crippen LogP contribution is 2.25. The number of carbonyl (C=O) groups excluding carboxylic acids is 1. The van der Waals surface area contributed by atoms with Crippen molar-refractivity contribution < 1.29 is 14.4 Å². The minimum atomic E-state index is -0.808. The molecule has 1 amide bonds. The van der Waals surface area contributed by atoms with Crippen LogP contribution >= 0.6 is 0 Å². The minimum absolute atomic E-state index is 0.211. The van der Waals surface area contributed by atoms with E-state index in [-0.39, 0.29) is 11.7 Å². The predicted molar refractivity (Wildman–Crippen MR) is 94.1 cm³/mol. The maximum atomic E-state index is 12.2. The molecule has 3 N–H and O–H groups in total. The Morgan fingerprint density at radius 1 is 1.21 bits per heavy atom. The van der Waals surface area contributed by atoms with E-state index in [2.05, 4.69) is 10.5 Å². The number of hydrogen-bond donors (Lipinski definition) is 2. The van der Waals surface area contributed by atoms with Gasteiger partial charge in [-0.1, -0.05) is 41.6 Å². The van der Waals surface area contributed by atoms with Crippen LogP contribution in [-0.4, -0.2) is 25.0 Å². The Morgan fingerprint density at radius 3 is 2.58 bits per heavy atom. The van der Waals surface area contributed by atoms with Gasteiger partial charge >= 0.3 is 0 Å². The number of ether oxygens (including phenoxy) is 1. The molecule has 2 aromatic carbocycles. The molecule has 0 aromatic heterocycles. The fourth-order valence-electron chi connectivity index (χ4n) is 2.00. The lowest BCUT2D eigenvalue weighted by molar-refractivity contribution is -0.126. The maximum Gasteiger partial charge on any atom is 0.268 e. The molecule has 0 saturated heterocycles. The molecule has 0 bridgehead atoms. The lowest BCUT2D eigenvalue weighted by Crippen LogP contribution is -2.27. The average molecular weight is 327 g/mol. The zero-order valence-electron chi connectivity index (χ0n) is 13.9. The van der Waals surface area contributed by atoms with Gasteiger partial charge in [0.05, 0.1) is 12.8 Å². The summed E-state index contributed by atoms with van der Waals surface area (Å²) in [4.78, 5) is 17.4. The van der Waals surface area contributed by atoms with E-state index in [1.54, 1.807) is 20.1 Å². The van der Waals surface area contributed by atoms with Crippen molar-refractivity contribution in [3.05, 3.63) is 59.7 Å². The van der Waals surface area contributed by atoms with Gasteiger partial charge in [-0.3, -0.25) is 4.79 Å². The molecule has 1 unspecified atom stereocenters. The molecule has 126 valence electrons. The summed E-state index contributed by atoms with van der Waals surface area (Å²) in [6, 6.07) is 14.7. The molecule has 2 aromatic rings. The first-order valence-corrected chi connectivity index (χ1v) is 7.51. The van der Waals surface area contributed by atoms with Gasteiger partial charge in [0, 0.05) is 5.56 Å². The van der Waals surface area contributed by atoms with E-state index in [1.807, 2.05) is 49.4 Å². The summed E-state index contributed by atoms with van der Waals surface area (Å²) in [6.45, 7) is 3.53. The van der Waals surface area contributed by atoms with Gasteiger partial charge in [0.15, 0.2) is 5.84 Å². The minimum Gasteiger partial charge on any atom is -0.495 e. The van der Waals surface area contributed by atoms with Crippen LogP contribution in [0.4, 0.5) is 5.69 Å². The summed E-state index contributed by atoms with van der Waals surface area (Å²) in [6.07, 6.45) is -0.808. The lowest BCUT2D eigenvalue weighted by atomic mass is 10.2. The zero-order chi connectivity index (χ0) is 17.5. The molecule has 1 atom stereocenters.